The van der Waals surface area contributed by atoms with Gasteiger partial charge in [-0.25, -0.2) is 0 Å². The molecule has 0 aliphatic rings. The minimum atomic E-state index is -1.73. The van der Waals surface area contributed by atoms with Gasteiger partial charge >= 0.3 is 0 Å². The third kappa shape index (κ3) is 9.67. The normalized spacial score (nSPS) is 12.5. The fraction of sp³-hybridized carbons (Fsp3) is 0.175. The Morgan fingerprint density at radius 2 is 1.41 bits per heavy atom. The van der Waals surface area contributed by atoms with Gasteiger partial charge in [0.15, 0.2) is 0 Å². The van der Waals surface area contributed by atoms with Crippen molar-refractivity contribution in [1.29, 1.82) is 0 Å². The molecule has 6 heteroatoms. The summed E-state index contributed by atoms with van der Waals surface area (Å²) >= 11 is 0. The third-order valence-electron chi connectivity index (χ3n) is 12.6. The molecule has 1 radical (unpaired) electrons. The summed E-state index contributed by atoms with van der Waals surface area (Å²) in [7, 11) is -1.73. The number of aromatic nitrogens is 3. The average molecular weight is 1090 g/mol. The zero-order valence-electron chi connectivity index (χ0n) is 42.5. The molecule has 4 nitrogen and oxygen atoms in total. The number of hydrogen-bond donors (Lipinski definition) is 0. The van der Waals surface area contributed by atoms with Crippen LogP contribution in [0.1, 0.15) is 48.5 Å². The van der Waals surface area contributed by atoms with E-state index in [1.165, 1.54) is 21.9 Å². The Hall–Kier alpha value is -6.69. The van der Waals surface area contributed by atoms with Crippen LogP contribution in [0.3, 0.4) is 0 Å². The molecule has 0 unspecified atom stereocenters. The van der Waals surface area contributed by atoms with E-state index >= 15 is 0 Å². The van der Waals surface area contributed by atoms with Gasteiger partial charge < -0.3 is 14.0 Å². The van der Waals surface area contributed by atoms with Crippen LogP contribution in [0.2, 0.25) is 19.6 Å². The molecule has 0 saturated heterocycles. The first kappa shape index (κ1) is 44.8. The van der Waals surface area contributed by atoms with Crippen molar-refractivity contribution in [2.75, 3.05) is 0 Å². The molecule has 3 heterocycles. The number of benzene rings is 8. The van der Waals surface area contributed by atoms with Crippen molar-refractivity contribution in [2.45, 2.75) is 66.0 Å². The van der Waals surface area contributed by atoms with Gasteiger partial charge in [0.1, 0.15) is 5.58 Å². The molecule has 0 saturated carbocycles. The Bertz CT molecular complexity index is 3710. The van der Waals surface area contributed by atoms with Gasteiger partial charge in [-0.05, 0) is 85.9 Å². The van der Waals surface area contributed by atoms with Gasteiger partial charge in [0.25, 0.3) is 0 Å². The van der Waals surface area contributed by atoms with Crippen LogP contribution in [0.25, 0.3) is 94.3 Å². The number of fused-ring (bicyclic) bond motifs is 5. The first-order valence-electron chi connectivity index (χ1n) is 24.6. The molecule has 8 aromatic carbocycles. The van der Waals surface area contributed by atoms with Crippen LogP contribution in [-0.4, -0.2) is 22.6 Å². The fourth-order valence-electron chi connectivity index (χ4n) is 9.30. The molecule has 0 fully saturated rings. The summed E-state index contributed by atoms with van der Waals surface area (Å²) in [5.74, 6) is 0.758. The molecule has 0 N–H and O–H groups in total. The third-order valence-corrected chi connectivity index (χ3v) is 14.6. The van der Waals surface area contributed by atoms with Crippen molar-refractivity contribution in [1.82, 2.24) is 14.5 Å². The molecule has 3 aromatic heterocycles. The molecule has 11 rings (SSSR count). The molecule has 69 heavy (non-hydrogen) atoms. The van der Waals surface area contributed by atoms with E-state index in [0.717, 1.165) is 88.7 Å². The van der Waals surface area contributed by atoms with Crippen molar-refractivity contribution in [2.24, 2.45) is 5.92 Å². The van der Waals surface area contributed by atoms with Crippen LogP contribution in [0, 0.1) is 18.1 Å². The summed E-state index contributed by atoms with van der Waals surface area (Å²) in [5.41, 5.74) is 14.1. The summed E-state index contributed by atoms with van der Waals surface area (Å²) in [5, 5.41) is 5.71. The van der Waals surface area contributed by atoms with E-state index in [0.29, 0.717) is 0 Å². The fourth-order valence-corrected chi connectivity index (χ4v) is 10.7. The van der Waals surface area contributed by atoms with E-state index in [4.69, 9.17) is 17.1 Å². The number of rotatable bonds is 8. The second-order valence-electron chi connectivity index (χ2n) is 20.0. The van der Waals surface area contributed by atoms with Crippen molar-refractivity contribution in [3.05, 3.63) is 205 Å². The first-order valence-corrected chi connectivity index (χ1v) is 27.1. The predicted octanol–water partition coefficient (Wildman–Crippen LogP) is 16.5. The predicted molar refractivity (Wildman–Crippen MR) is 290 cm³/mol. The van der Waals surface area contributed by atoms with Gasteiger partial charge in [0.05, 0.1) is 30.5 Å². The van der Waals surface area contributed by atoms with Crippen molar-refractivity contribution in [3.63, 3.8) is 0 Å². The Kier molecular flexibility index (Phi) is 12.6. The minimum absolute atomic E-state index is 0. The minimum Gasteiger partial charge on any atom is -0.500 e. The number of furan rings is 1. The molecule has 0 atom stereocenters. The van der Waals surface area contributed by atoms with Gasteiger partial charge in [-0.3, -0.25) is 4.98 Å². The van der Waals surface area contributed by atoms with E-state index < -0.39 is 14.4 Å². The van der Waals surface area contributed by atoms with Crippen LogP contribution in [0.4, 0.5) is 0 Å². The number of nitrogens with zero attached hydrogens (tertiary/aromatic N) is 3. The molecule has 0 spiro atoms. The SMILES string of the molecule is CC(C)(C)c1ccccc1-n1c(-c2[c-]cc3oc4cc(-c5cccc6ccccc56)ccc4c3c2)nc2ccccc21.[2H]C([2H])(c1cc(-c2[c-]ccc(-c3ccccc3)c2)ncc1[Si](C)(C)C)C(C)C.[Ir]. The summed E-state index contributed by atoms with van der Waals surface area (Å²) in [6.45, 7) is 17.4. The van der Waals surface area contributed by atoms with Crippen LogP contribution in [-0.2, 0) is 31.9 Å². The molecule has 0 bridgehead atoms. The maximum Gasteiger partial charge on any atom is 0.121 e. The summed E-state index contributed by atoms with van der Waals surface area (Å²) in [4.78, 5) is 9.86. The number of imidazole rings is 1. The Morgan fingerprint density at radius 1 is 0.667 bits per heavy atom. The van der Waals surface area contributed by atoms with Crippen molar-refractivity contribution < 1.29 is 27.3 Å². The van der Waals surface area contributed by atoms with Crippen LogP contribution < -0.4 is 5.19 Å². The number of para-hydroxylation sites is 3. The molecule has 0 amide bonds. The maximum atomic E-state index is 8.73. The summed E-state index contributed by atoms with van der Waals surface area (Å²) in [6.07, 6.45) is 0.504. The van der Waals surface area contributed by atoms with E-state index in [-0.39, 0.29) is 31.4 Å². The standard InChI is InChI=1S/C39H29N2O.C24H28NSi.Ir/c1-39(2,3)32-15-6-8-17-34(32)41-35-18-9-7-16-33(35)40-38(41)27-20-22-36-31(23-27)30-21-19-26(24-37(30)42-36)29-14-10-12-25-11-4-5-13-28(25)29;1-18(2)14-22-16-23(25-17-24(22)26(3,4)5)21-13-9-12-20(15-21)19-10-7-6-8-11-19;/h4-19,21-24H,1-3H3;6-12,15-18H,14H2,1-5H3;/q2*-1;/i;14D2;. The van der Waals surface area contributed by atoms with Gasteiger partial charge in [-0.15, -0.1) is 59.2 Å². The van der Waals surface area contributed by atoms with Gasteiger partial charge in [-0.1, -0.05) is 187 Å². The summed E-state index contributed by atoms with van der Waals surface area (Å²) in [6, 6.07) is 67.7. The number of pyridine rings is 1. The quantitative estimate of drug-likeness (QED) is 0.112. The monoisotopic (exact) mass is 1090 g/mol. The van der Waals surface area contributed by atoms with Gasteiger partial charge in [0, 0.05) is 40.1 Å². The second-order valence-corrected chi connectivity index (χ2v) is 25.1. The van der Waals surface area contributed by atoms with E-state index in [2.05, 4.69) is 185 Å². The zero-order chi connectivity index (χ0) is 49.0. The zero-order valence-corrected chi connectivity index (χ0v) is 43.9. The summed E-state index contributed by atoms with van der Waals surface area (Å²) < 4.78 is 26.1. The van der Waals surface area contributed by atoms with Crippen LogP contribution in [0.15, 0.2) is 187 Å². The Balaban J connectivity index is 0.000000189. The van der Waals surface area contributed by atoms with Gasteiger partial charge in [-0.2, -0.15) is 0 Å². The van der Waals surface area contributed by atoms with Crippen molar-refractivity contribution >= 4 is 57.0 Å². The first-order chi connectivity index (χ1) is 33.6. The van der Waals surface area contributed by atoms with Crippen LogP contribution in [0.5, 0.6) is 0 Å². The largest absolute Gasteiger partial charge is 0.500 e. The average Bonchev–Trinajstić information content (AvgIpc) is 3.94. The molecule has 345 valence electrons. The Labute approximate surface area is 424 Å². The molecular weight excluding hydrogens is 1040 g/mol. The Morgan fingerprint density at radius 3 is 2.20 bits per heavy atom. The van der Waals surface area contributed by atoms with E-state index in [1.807, 2.05) is 68.6 Å². The van der Waals surface area contributed by atoms with Crippen LogP contribution >= 0.6 is 0 Å². The maximum absolute atomic E-state index is 8.73. The van der Waals surface area contributed by atoms with E-state index in [1.54, 1.807) is 0 Å². The molecule has 0 aliphatic heterocycles. The van der Waals surface area contributed by atoms with Gasteiger partial charge in [0.2, 0.25) is 0 Å². The topological polar surface area (TPSA) is 43.9 Å². The molecule has 11 aromatic rings. The van der Waals surface area contributed by atoms with E-state index in [9.17, 15) is 0 Å². The molecular formula is C63H57IrN3OSi-2. The number of hydrogen-bond acceptors (Lipinski definition) is 3. The molecule has 0 aliphatic carbocycles. The van der Waals surface area contributed by atoms with Crippen molar-refractivity contribution in [3.8, 4) is 50.6 Å². The smallest absolute Gasteiger partial charge is 0.121 e. The second kappa shape index (κ2) is 19.4.